The second kappa shape index (κ2) is 4.62. The fourth-order valence-electron chi connectivity index (χ4n) is 1.16. The van der Waals surface area contributed by atoms with Crippen LogP contribution in [0.5, 0.6) is 0 Å². The van der Waals surface area contributed by atoms with Crippen molar-refractivity contribution in [2.75, 3.05) is 0 Å². The fraction of sp³-hybridized carbons (Fsp3) is 0.400. The van der Waals surface area contributed by atoms with Crippen molar-refractivity contribution in [1.29, 1.82) is 0 Å². The Labute approximate surface area is 97.8 Å². The Morgan fingerprint density at radius 2 is 2.00 bits per heavy atom. The minimum atomic E-state index is 0.0283. The van der Waals surface area contributed by atoms with Crippen LogP contribution in [-0.2, 0) is 0 Å². The van der Waals surface area contributed by atoms with Gasteiger partial charge in [0, 0.05) is 20.2 Å². The van der Waals surface area contributed by atoms with Gasteiger partial charge in [-0.1, -0.05) is 31.5 Å². The Bertz CT molecular complexity index is 279. The Kier molecular flexibility index (Phi) is 4.01. The quantitative estimate of drug-likeness (QED) is 0.830. The first kappa shape index (κ1) is 11.3. The summed E-state index contributed by atoms with van der Waals surface area (Å²) in [5, 5.41) is 0.771. The van der Waals surface area contributed by atoms with E-state index in [0.29, 0.717) is 5.92 Å². The Morgan fingerprint density at radius 1 is 1.38 bits per heavy atom. The standard InChI is InChI=1S/C10H13ClIN/c1-6(2)10(13)9-7(11)4-3-5-8(9)12/h3-6,10H,13H2,1-2H3/t10-/m1/s1. The zero-order valence-electron chi connectivity index (χ0n) is 7.72. The lowest BCUT2D eigenvalue weighted by molar-refractivity contribution is 0.512. The molecule has 0 heterocycles. The molecule has 0 aliphatic rings. The molecule has 1 aromatic carbocycles. The zero-order valence-corrected chi connectivity index (χ0v) is 10.6. The predicted molar refractivity (Wildman–Crippen MR) is 65.9 cm³/mol. The van der Waals surface area contributed by atoms with Crippen LogP contribution >= 0.6 is 34.2 Å². The highest BCUT2D eigenvalue weighted by molar-refractivity contribution is 14.1. The van der Waals surface area contributed by atoms with Crippen molar-refractivity contribution >= 4 is 34.2 Å². The van der Waals surface area contributed by atoms with E-state index in [4.69, 9.17) is 17.3 Å². The highest BCUT2D eigenvalue weighted by Crippen LogP contribution is 2.30. The molecule has 0 amide bonds. The molecular formula is C10H13ClIN. The van der Waals surface area contributed by atoms with Crippen molar-refractivity contribution in [3.8, 4) is 0 Å². The van der Waals surface area contributed by atoms with E-state index in [0.717, 1.165) is 14.2 Å². The lowest BCUT2D eigenvalue weighted by Gasteiger charge is -2.18. The van der Waals surface area contributed by atoms with E-state index in [-0.39, 0.29) is 6.04 Å². The average molecular weight is 310 g/mol. The number of hydrogen-bond donors (Lipinski definition) is 1. The van der Waals surface area contributed by atoms with Gasteiger partial charge in [0.25, 0.3) is 0 Å². The molecule has 0 bridgehead atoms. The molecule has 0 saturated carbocycles. The lowest BCUT2D eigenvalue weighted by Crippen LogP contribution is -2.18. The molecule has 13 heavy (non-hydrogen) atoms. The van der Waals surface area contributed by atoms with Gasteiger partial charge >= 0.3 is 0 Å². The van der Waals surface area contributed by atoms with E-state index in [1.165, 1.54) is 0 Å². The molecular weight excluding hydrogens is 296 g/mol. The molecule has 2 N–H and O–H groups in total. The van der Waals surface area contributed by atoms with Crippen LogP contribution in [0.25, 0.3) is 0 Å². The van der Waals surface area contributed by atoms with Gasteiger partial charge in [-0.2, -0.15) is 0 Å². The second-order valence-electron chi connectivity index (χ2n) is 3.41. The third-order valence-electron chi connectivity index (χ3n) is 2.05. The summed E-state index contributed by atoms with van der Waals surface area (Å²) >= 11 is 8.35. The summed E-state index contributed by atoms with van der Waals surface area (Å²) < 4.78 is 1.14. The van der Waals surface area contributed by atoms with Crippen LogP contribution in [0.2, 0.25) is 5.02 Å². The summed E-state index contributed by atoms with van der Waals surface area (Å²) in [5.41, 5.74) is 7.12. The molecule has 0 fully saturated rings. The zero-order chi connectivity index (χ0) is 10.0. The van der Waals surface area contributed by atoms with Gasteiger partial charge in [-0.05, 0) is 40.6 Å². The van der Waals surface area contributed by atoms with Crippen molar-refractivity contribution in [2.24, 2.45) is 11.7 Å². The first-order chi connectivity index (χ1) is 6.04. The molecule has 0 aliphatic carbocycles. The van der Waals surface area contributed by atoms with Gasteiger partial charge in [0.05, 0.1) is 0 Å². The number of benzene rings is 1. The summed E-state index contributed by atoms with van der Waals surface area (Å²) in [6, 6.07) is 5.90. The van der Waals surface area contributed by atoms with Crippen molar-refractivity contribution in [3.63, 3.8) is 0 Å². The summed E-state index contributed by atoms with van der Waals surface area (Å²) in [6.07, 6.45) is 0. The van der Waals surface area contributed by atoms with Crippen LogP contribution in [0.1, 0.15) is 25.5 Å². The minimum Gasteiger partial charge on any atom is -0.324 e. The van der Waals surface area contributed by atoms with Crippen LogP contribution in [0.4, 0.5) is 0 Å². The lowest BCUT2D eigenvalue weighted by atomic mass is 9.97. The minimum absolute atomic E-state index is 0.0283. The van der Waals surface area contributed by atoms with Crippen LogP contribution in [0.15, 0.2) is 18.2 Å². The third kappa shape index (κ3) is 2.58. The van der Waals surface area contributed by atoms with Crippen molar-refractivity contribution < 1.29 is 0 Å². The van der Waals surface area contributed by atoms with Crippen molar-refractivity contribution in [2.45, 2.75) is 19.9 Å². The first-order valence-corrected chi connectivity index (χ1v) is 5.69. The van der Waals surface area contributed by atoms with E-state index >= 15 is 0 Å². The first-order valence-electron chi connectivity index (χ1n) is 4.23. The maximum Gasteiger partial charge on any atom is 0.0464 e. The maximum atomic E-state index is 6.08. The Balaban J connectivity index is 3.12. The second-order valence-corrected chi connectivity index (χ2v) is 4.97. The maximum absolute atomic E-state index is 6.08. The molecule has 1 atom stereocenters. The molecule has 0 aliphatic heterocycles. The molecule has 1 aromatic rings. The summed E-state index contributed by atoms with van der Waals surface area (Å²) in [4.78, 5) is 0. The van der Waals surface area contributed by atoms with Gasteiger partial charge in [0.15, 0.2) is 0 Å². The van der Waals surface area contributed by atoms with Gasteiger partial charge < -0.3 is 5.73 Å². The van der Waals surface area contributed by atoms with Gasteiger partial charge in [0.2, 0.25) is 0 Å². The summed E-state index contributed by atoms with van der Waals surface area (Å²) in [6.45, 7) is 4.20. The monoisotopic (exact) mass is 309 g/mol. The van der Waals surface area contributed by atoms with Gasteiger partial charge in [-0.15, -0.1) is 0 Å². The smallest absolute Gasteiger partial charge is 0.0464 e. The molecule has 1 nitrogen and oxygen atoms in total. The van der Waals surface area contributed by atoms with Crippen LogP contribution in [-0.4, -0.2) is 0 Å². The molecule has 3 heteroatoms. The highest BCUT2D eigenvalue weighted by Gasteiger charge is 2.16. The number of rotatable bonds is 2. The normalized spacial score (nSPS) is 13.4. The Hall–Kier alpha value is 0.200. The number of nitrogens with two attached hydrogens (primary N) is 1. The third-order valence-corrected chi connectivity index (χ3v) is 3.32. The number of hydrogen-bond acceptors (Lipinski definition) is 1. The molecule has 1 rings (SSSR count). The van der Waals surface area contributed by atoms with Gasteiger partial charge in [-0.3, -0.25) is 0 Å². The molecule has 72 valence electrons. The van der Waals surface area contributed by atoms with Crippen LogP contribution in [0, 0.1) is 9.49 Å². The largest absolute Gasteiger partial charge is 0.324 e. The van der Waals surface area contributed by atoms with Crippen molar-refractivity contribution in [3.05, 3.63) is 32.4 Å². The Morgan fingerprint density at radius 3 is 2.46 bits per heavy atom. The highest BCUT2D eigenvalue weighted by atomic mass is 127. The van der Waals surface area contributed by atoms with E-state index in [9.17, 15) is 0 Å². The van der Waals surface area contributed by atoms with Crippen molar-refractivity contribution in [1.82, 2.24) is 0 Å². The molecule has 0 radical (unpaired) electrons. The predicted octanol–water partition coefficient (Wildman–Crippen LogP) is 3.60. The number of halogens is 2. The van der Waals surface area contributed by atoms with Crippen LogP contribution < -0.4 is 5.73 Å². The molecule has 0 unspecified atom stereocenters. The molecule has 0 aromatic heterocycles. The van der Waals surface area contributed by atoms with E-state index in [2.05, 4.69) is 36.4 Å². The molecule has 0 saturated heterocycles. The van der Waals surface area contributed by atoms with Gasteiger partial charge in [0.1, 0.15) is 0 Å². The topological polar surface area (TPSA) is 26.0 Å². The van der Waals surface area contributed by atoms with E-state index in [1.54, 1.807) is 0 Å². The average Bonchev–Trinajstić information content (AvgIpc) is 2.03. The summed E-state index contributed by atoms with van der Waals surface area (Å²) in [7, 11) is 0. The molecule has 0 spiro atoms. The van der Waals surface area contributed by atoms with E-state index < -0.39 is 0 Å². The fourth-order valence-corrected chi connectivity index (χ4v) is 2.48. The van der Waals surface area contributed by atoms with E-state index in [1.807, 2.05) is 18.2 Å². The summed E-state index contributed by atoms with van der Waals surface area (Å²) in [5.74, 6) is 0.411. The van der Waals surface area contributed by atoms with Gasteiger partial charge in [-0.25, -0.2) is 0 Å². The van der Waals surface area contributed by atoms with Crippen LogP contribution in [0.3, 0.4) is 0 Å². The SMILES string of the molecule is CC(C)[C@@H](N)c1c(Cl)cccc1I.